The van der Waals surface area contributed by atoms with Gasteiger partial charge in [-0.1, -0.05) is 32.4 Å². The number of rotatable bonds is 4. The highest BCUT2D eigenvalue weighted by Gasteiger charge is 2.39. The standard InChI is InChI=1S/C15H20N2/c1-3-13-14(9-15(13)17-4-2)12-7-5-11(10-16)6-8-12/h5-8,13-15,17H,3-4,9H2,1-2H3. The van der Waals surface area contributed by atoms with Crippen LogP contribution in [0.25, 0.3) is 0 Å². The highest BCUT2D eigenvalue weighted by atomic mass is 14.9. The molecule has 0 saturated heterocycles. The van der Waals surface area contributed by atoms with Crippen LogP contribution in [0.5, 0.6) is 0 Å². The third-order valence-electron chi connectivity index (χ3n) is 3.95. The quantitative estimate of drug-likeness (QED) is 0.859. The van der Waals surface area contributed by atoms with E-state index in [0.29, 0.717) is 12.0 Å². The molecule has 0 heterocycles. The van der Waals surface area contributed by atoms with Gasteiger partial charge in [-0.15, -0.1) is 0 Å². The first-order valence-electron chi connectivity index (χ1n) is 6.53. The second-order valence-corrected chi connectivity index (χ2v) is 4.81. The summed E-state index contributed by atoms with van der Waals surface area (Å²) in [5, 5.41) is 12.3. The molecule has 1 saturated carbocycles. The summed E-state index contributed by atoms with van der Waals surface area (Å²) in [6, 6.07) is 11.0. The van der Waals surface area contributed by atoms with Crippen molar-refractivity contribution in [1.82, 2.24) is 5.32 Å². The van der Waals surface area contributed by atoms with Crippen LogP contribution < -0.4 is 5.32 Å². The van der Waals surface area contributed by atoms with Crippen LogP contribution in [0, 0.1) is 17.2 Å². The Kier molecular flexibility index (Phi) is 3.81. The molecule has 3 atom stereocenters. The number of nitriles is 1. The second-order valence-electron chi connectivity index (χ2n) is 4.81. The third kappa shape index (κ3) is 2.35. The highest BCUT2D eigenvalue weighted by molar-refractivity contribution is 5.34. The molecule has 3 unspecified atom stereocenters. The van der Waals surface area contributed by atoms with E-state index in [9.17, 15) is 0 Å². The van der Waals surface area contributed by atoms with Crippen molar-refractivity contribution in [3.05, 3.63) is 35.4 Å². The normalized spacial score (nSPS) is 27.2. The number of hydrogen-bond acceptors (Lipinski definition) is 2. The lowest BCUT2D eigenvalue weighted by atomic mass is 9.65. The first-order chi connectivity index (χ1) is 8.30. The Morgan fingerprint density at radius 1 is 1.29 bits per heavy atom. The lowest BCUT2D eigenvalue weighted by Crippen LogP contribution is -2.48. The molecule has 2 nitrogen and oxygen atoms in total. The van der Waals surface area contributed by atoms with Crippen molar-refractivity contribution in [2.75, 3.05) is 6.54 Å². The van der Waals surface area contributed by atoms with Gasteiger partial charge in [0.05, 0.1) is 11.6 Å². The van der Waals surface area contributed by atoms with Gasteiger partial charge in [0.15, 0.2) is 0 Å². The lowest BCUT2D eigenvalue weighted by molar-refractivity contribution is 0.163. The van der Waals surface area contributed by atoms with Gasteiger partial charge in [-0.3, -0.25) is 0 Å². The third-order valence-corrected chi connectivity index (χ3v) is 3.95. The van der Waals surface area contributed by atoms with Crippen LogP contribution in [0.2, 0.25) is 0 Å². The Morgan fingerprint density at radius 2 is 2.00 bits per heavy atom. The van der Waals surface area contributed by atoms with Crippen LogP contribution in [0.3, 0.4) is 0 Å². The fraction of sp³-hybridized carbons (Fsp3) is 0.533. The topological polar surface area (TPSA) is 35.8 Å². The number of nitrogens with zero attached hydrogens (tertiary/aromatic N) is 1. The van der Waals surface area contributed by atoms with E-state index in [1.54, 1.807) is 0 Å². The van der Waals surface area contributed by atoms with Gasteiger partial charge in [-0.05, 0) is 42.5 Å². The summed E-state index contributed by atoms with van der Waals surface area (Å²) in [4.78, 5) is 0. The molecule has 0 amide bonds. The molecule has 1 N–H and O–H groups in total. The molecule has 1 aliphatic carbocycles. The molecule has 17 heavy (non-hydrogen) atoms. The van der Waals surface area contributed by atoms with Crippen molar-refractivity contribution in [3.63, 3.8) is 0 Å². The van der Waals surface area contributed by atoms with Crippen LogP contribution in [0.4, 0.5) is 0 Å². The second kappa shape index (κ2) is 5.33. The minimum Gasteiger partial charge on any atom is -0.314 e. The highest BCUT2D eigenvalue weighted by Crippen LogP contribution is 2.44. The number of nitrogens with one attached hydrogen (secondary N) is 1. The van der Waals surface area contributed by atoms with Gasteiger partial charge in [0, 0.05) is 6.04 Å². The minimum atomic E-state index is 0.678. The van der Waals surface area contributed by atoms with E-state index in [1.165, 1.54) is 18.4 Å². The molecule has 0 aromatic heterocycles. The van der Waals surface area contributed by atoms with Gasteiger partial charge in [0.2, 0.25) is 0 Å². The number of benzene rings is 1. The molecule has 2 heteroatoms. The monoisotopic (exact) mass is 228 g/mol. The summed E-state index contributed by atoms with van der Waals surface area (Å²) in [7, 11) is 0. The Labute approximate surface area is 104 Å². The Bertz CT molecular complexity index is 402. The zero-order valence-electron chi connectivity index (χ0n) is 10.6. The predicted molar refractivity (Wildman–Crippen MR) is 69.8 cm³/mol. The van der Waals surface area contributed by atoms with E-state index in [1.807, 2.05) is 12.1 Å². The summed E-state index contributed by atoms with van der Waals surface area (Å²) in [5.41, 5.74) is 2.15. The van der Waals surface area contributed by atoms with Gasteiger partial charge < -0.3 is 5.32 Å². The van der Waals surface area contributed by atoms with Gasteiger partial charge in [0.25, 0.3) is 0 Å². The number of hydrogen-bond donors (Lipinski definition) is 1. The molecule has 0 radical (unpaired) electrons. The molecule has 1 aliphatic rings. The van der Waals surface area contributed by atoms with Crippen molar-refractivity contribution in [2.45, 2.75) is 38.6 Å². The van der Waals surface area contributed by atoms with E-state index in [4.69, 9.17) is 5.26 Å². The summed E-state index contributed by atoms with van der Waals surface area (Å²) in [5.74, 6) is 1.43. The molecule has 90 valence electrons. The maximum atomic E-state index is 8.79. The Hall–Kier alpha value is -1.33. The molecule has 0 aliphatic heterocycles. The lowest BCUT2D eigenvalue weighted by Gasteiger charge is -2.45. The molecule has 1 aromatic rings. The van der Waals surface area contributed by atoms with Crippen LogP contribution in [-0.2, 0) is 0 Å². The molecular formula is C15H20N2. The summed E-state index contributed by atoms with van der Waals surface area (Å²) in [6.45, 7) is 5.49. The van der Waals surface area contributed by atoms with Gasteiger partial charge in [0.1, 0.15) is 0 Å². The van der Waals surface area contributed by atoms with E-state index in [2.05, 4.69) is 37.4 Å². The predicted octanol–water partition coefficient (Wildman–Crippen LogP) is 3.05. The fourth-order valence-corrected chi connectivity index (χ4v) is 2.96. The first kappa shape index (κ1) is 12.1. The van der Waals surface area contributed by atoms with E-state index in [-0.39, 0.29) is 0 Å². The van der Waals surface area contributed by atoms with Crippen molar-refractivity contribution < 1.29 is 0 Å². The van der Waals surface area contributed by atoms with Crippen molar-refractivity contribution in [2.24, 2.45) is 5.92 Å². The summed E-state index contributed by atoms with van der Waals surface area (Å²) in [6.07, 6.45) is 2.46. The van der Waals surface area contributed by atoms with E-state index >= 15 is 0 Å². The molecule has 1 aromatic carbocycles. The van der Waals surface area contributed by atoms with Gasteiger partial charge in [-0.2, -0.15) is 5.26 Å². The van der Waals surface area contributed by atoms with Crippen LogP contribution in [0.1, 0.15) is 43.7 Å². The zero-order chi connectivity index (χ0) is 12.3. The van der Waals surface area contributed by atoms with E-state index in [0.717, 1.165) is 18.0 Å². The van der Waals surface area contributed by atoms with Crippen molar-refractivity contribution >= 4 is 0 Å². The maximum absolute atomic E-state index is 8.79. The largest absolute Gasteiger partial charge is 0.314 e. The average Bonchev–Trinajstić information content (AvgIpc) is 2.35. The van der Waals surface area contributed by atoms with Crippen LogP contribution in [0.15, 0.2) is 24.3 Å². The van der Waals surface area contributed by atoms with E-state index < -0.39 is 0 Å². The first-order valence-corrected chi connectivity index (χ1v) is 6.53. The smallest absolute Gasteiger partial charge is 0.0991 e. The van der Waals surface area contributed by atoms with Crippen LogP contribution in [-0.4, -0.2) is 12.6 Å². The maximum Gasteiger partial charge on any atom is 0.0991 e. The van der Waals surface area contributed by atoms with Gasteiger partial charge in [-0.25, -0.2) is 0 Å². The molecule has 0 bridgehead atoms. The molecule has 0 spiro atoms. The van der Waals surface area contributed by atoms with Gasteiger partial charge >= 0.3 is 0 Å². The zero-order valence-corrected chi connectivity index (χ0v) is 10.6. The molecular weight excluding hydrogens is 208 g/mol. The van der Waals surface area contributed by atoms with Crippen LogP contribution >= 0.6 is 0 Å². The molecule has 2 rings (SSSR count). The Morgan fingerprint density at radius 3 is 2.53 bits per heavy atom. The fourth-order valence-electron chi connectivity index (χ4n) is 2.96. The molecule has 1 fully saturated rings. The van der Waals surface area contributed by atoms with Crippen molar-refractivity contribution in [3.8, 4) is 6.07 Å². The summed E-state index contributed by atoms with van der Waals surface area (Å²) >= 11 is 0. The Balaban J connectivity index is 2.06. The minimum absolute atomic E-state index is 0.678. The SMILES string of the molecule is CCNC1CC(c2ccc(C#N)cc2)C1CC. The summed E-state index contributed by atoms with van der Waals surface area (Å²) < 4.78 is 0. The average molecular weight is 228 g/mol. The van der Waals surface area contributed by atoms with Crippen molar-refractivity contribution in [1.29, 1.82) is 5.26 Å².